The lowest BCUT2D eigenvalue weighted by atomic mass is 10.1. The van der Waals surface area contributed by atoms with Crippen LogP contribution in [0.15, 0.2) is 53.8 Å². The van der Waals surface area contributed by atoms with Crippen molar-refractivity contribution in [3.8, 4) is 11.8 Å². The molecule has 1 aliphatic heterocycles. The minimum absolute atomic E-state index is 0.0689. The third-order valence-electron chi connectivity index (χ3n) is 7.35. The molecule has 38 heavy (non-hydrogen) atoms. The van der Waals surface area contributed by atoms with E-state index in [1.54, 1.807) is 48.3 Å². The highest BCUT2D eigenvalue weighted by Crippen LogP contribution is 2.45. The number of fused-ring (bicyclic) bond motifs is 1. The summed E-state index contributed by atoms with van der Waals surface area (Å²) >= 11 is 0. The lowest BCUT2D eigenvalue weighted by Gasteiger charge is -2.37. The number of piperazine rings is 1. The van der Waals surface area contributed by atoms with Gasteiger partial charge in [-0.3, -0.25) is 4.79 Å². The van der Waals surface area contributed by atoms with Crippen molar-refractivity contribution in [3.05, 3.63) is 54.5 Å². The molecule has 2 fully saturated rings. The van der Waals surface area contributed by atoms with Crippen LogP contribution in [0, 0.1) is 17.2 Å². The van der Waals surface area contributed by atoms with Crippen molar-refractivity contribution in [2.75, 3.05) is 38.2 Å². The van der Waals surface area contributed by atoms with E-state index in [4.69, 9.17) is 4.74 Å². The van der Waals surface area contributed by atoms with Crippen molar-refractivity contribution in [1.29, 1.82) is 5.26 Å². The molecule has 1 saturated carbocycles. The second-order valence-electron chi connectivity index (χ2n) is 10.2. The molecule has 0 spiro atoms. The van der Waals surface area contributed by atoms with Crippen molar-refractivity contribution in [3.63, 3.8) is 0 Å². The highest BCUT2D eigenvalue weighted by atomic mass is 32.2. The average Bonchev–Trinajstić information content (AvgIpc) is 3.58. The molecule has 11 heteroatoms. The molecule has 1 amide bonds. The summed E-state index contributed by atoms with van der Waals surface area (Å²) in [4.78, 5) is 21.0. The molecule has 0 radical (unpaired) electrons. The zero-order valence-corrected chi connectivity index (χ0v) is 22.7. The number of nitrogens with zero attached hydrogens (tertiary/aromatic N) is 6. The van der Waals surface area contributed by atoms with Gasteiger partial charge in [-0.25, -0.2) is 13.4 Å². The molecule has 2 aliphatic rings. The maximum Gasteiger partial charge on any atom is 0.246 e. The van der Waals surface area contributed by atoms with Crippen LogP contribution in [0.3, 0.4) is 0 Å². The smallest absolute Gasteiger partial charge is 0.246 e. The Labute approximate surface area is 223 Å². The number of benzene rings is 1. The quantitative estimate of drug-likeness (QED) is 0.435. The van der Waals surface area contributed by atoms with Crippen molar-refractivity contribution in [1.82, 2.24) is 18.6 Å². The van der Waals surface area contributed by atoms with Gasteiger partial charge < -0.3 is 18.9 Å². The topological polar surface area (TPSA) is 111 Å². The molecular weight excluding hydrogens is 504 g/mol. The van der Waals surface area contributed by atoms with Crippen LogP contribution in [0.1, 0.15) is 32.3 Å². The Hall–Kier alpha value is -3.62. The SMILES string of the molecule is COc1ccc(CN(C2(C#N)CC2)S(=O)(=O)c2cc(N3CCN(C(=O)C(C)C)CC3)c3nccn3c2)cc1. The van der Waals surface area contributed by atoms with Crippen LogP contribution in [0.4, 0.5) is 5.69 Å². The van der Waals surface area contributed by atoms with E-state index in [9.17, 15) is 18.5 Å². The molecule has 200 valence electrons. The molecule has 0 atom stereocenters. The van der Waals surface area contributed by atoms with Gasteiger partial charge in [0.05, 0.1) is 18.9 Å². The van der Waals surface area contributed by atoms with Gasteiger partial charge in [-0.2, -0.15) is 9.57 Å². The Balaban J connectivity index is 1.49. The summed E-state index contributed by atoms with van der Waals surface area (Å²) in [6, 6.07) is 11.1. The lowest BCUT2D eigenvalue weighted by Crippen LogP contribution is -2.50. The maximum atomic E-state index is 14.2. The highest BCUT2D eigenvalue weighted by Gasteiger charge is 2.54. The van der Waals surface area contributed by atoms with Crippen molar-refractivity contribution < 1.29 is 17.9 Å². The number of carbonyl (C=O) groups is 1. The number of methoxy groups -OCH3 is 1. The van der Waals surface area contributed by atoms with Gasteiger partial charge in [0, 0.05) is 57.2 Å². The standard InChI is InChI=1S/C27H32N6O4S/c1-20(2)26(34)31-14-12-30(13-15-31)24-16-23(18-32-11-10-29-25(24)32)38(35,36)33(27(19-28)8-9-27)17-21-4-6-22(37-3)7-5-21/h4-7,10-11,16,18,20H,8-9,12-15,17H2,1-3H3. The van der Waals surface area contributed by atoms with Crippen LogP contribution in [0.2, 0.25) is 0 Å². The lowest BCUT2D eigenvalue weighted by molar-refractivity contribution is -0.134. The predicted molar refractivity (Wildman–Crippen MR) is 142 cm³/mol. The van der Waals surface area contributed by atoms with E-state index in [0.29, 0.717) is 56.1 Å². The van der Waals surface area contributed by atoms with Crippen molar-refractivity contribution in [2.45, 2.75) is 43.7 Å². The summed E-state index contributed by atoms with van der Waals surface area (Å²) in [5.74, 6) is 0.725. The van der Waals surface area contributed by atoms with Crippen LogP contribution in [0.5, 0.6) is 5.75 Å². The fourth-order valence-corrected chi connectivity index (χ4v) is 6.69. The minimum Gasteiger partial charge on any atom is -0.497 e. The van der Waals surface area contributed by atoms with Crippen LogP contribution < -0.4 is 9.64 Å². The number of hydrogen-bond donors (Lipinski definition) is 0. The summed E-state index contributed by atoms with van der Waals surface area (Å²) in [5.41, 5.74) is 1.05. The van der Waals surface area contributed by atoms with Gasteiger partial charge in [-0.15, -0.1) is 0 Å². The van der Waals surface area contributed by atoms with Crippen LogP contribution >= 0.6 is 0 Å². The third-order valence-corrected chi connectivity index (χ3v) is 9.23. The highest BCUT2D eigenvalue weighted by molar-refractivity contribution is 7.89. The molecule has 5 rings (SSSR count). The molecule has 1 saturated heterocycles. The molecule has 3 aromatic rings. The Kier molecular flexibility index (Phi) is 6.79. The minimum atomic E-state index is -4.05. The molecule has 1 aromatic carbocycles. The van der Waals surface area contributed by atoms with Crippen molar-refractivity contribution >= 4 is 27.3 Å². The second-order valence-corrected chi connectivity index (χ2v) is 12.1. The summed E-state index contributed by atoms with van der Waals surface area (Å²) in [6.45, 7) is 6.12. The first-order chi connectivity index (χ1) is 18.2. The van der Waals surface area contributed by atoms with Gasteiger partial charge in [0.1, 0.15) is 16.2 Å². The van der Waals surface area contributed by atoms with Crippen LogP contribution in [-0.4, -0.2) is 71.7 Å². The zero-order valence-electron chi connectivity index (χ0n) is 21.9. The molecule has 1 aliphatic carbocycles. The van der Waals surface area contributed by atoms with E-state index >= 15 is 0 Å². The van der Waals surface area contributed by atoms with E-state index < -0.39 is 15.6 Å². The summed E-state index contributed by atoms with van der Waals surface area (Å²) in [6.07, 6.45) is 5.91. The third kappa shape index (κ3) is 4.70. The number of carbonyl (C=O) groups excluding carboxylic acids is 1. The molecular formula is C27H32N6O4S. The van der Waals surface area contributed by atoms with E-state index in [0.717, 1.165) is 5.56 Å². The largest absolute Gasteiger partial charge is 0.497 e. The summed E-state index contributed by atoms with van der Waals surface area (Å²) in [5, 5.41) is 9.97. The molecule has 10 nitrogen and oxygen atoms in total. The number of rotatable bonds is 8. The van der Waals surface area contributed by atoms with Gasteiger partial charge in [0.25, 0.3) is 0 Å². The van der Waals surface area contributed by atoms with E-state index in [2.05, 4.69) is 16.0 Å². The molecule has 0 unspecified atom stereocenters. The van der Waals surface area contributed by atoms with E-state index in [-0.39, 0.29) is 23.3 Å². The number of hydrogen-bond acceptors (Lipinski definition) is 7. The monoisotopic (exact) mass is 536 g/mol. The van der Waals surface area contributed by atoms with Gasteiger partial charge in [0.15, 0.2) is 5.65 Å². The van der Waals surface area contributed by atoms with Gasteiger partial charge in [0.2, 0.25) is 15.9 Å². The van der Waals surface area contributed by atoms with Gasteiger partial charge >= 0.3 is 0 Å². The number of anilines is 1. The second kappa shape index (κ2) is 9.93. The average molecular weight is 537 g/mol. The van der Waals surface area contributed by atoms with Crippen molar-refractivity contribution in [2.24, 2.45) is 5.92 Å². The normalized spacial score (nSPS) is 17.2. The zero-order chi connectivity index (χ0) is 27.1. The number of ether oxygens (including phenoxy) is 1. The first-order valence-electron chi connectivity index (χ1n) is 12.8. The molecule has 2 aromatic heterocycles. The maximum absolute atomic E-state index is 14.2. The first-order valence-corrected chi connectivity index (χ1v) is 14.2. The number of imidazole rings is 1. The van der Waals surface area contributed by atoms with Crippen LogP contribution in [0.25, 0.3) is 5.65 Å². The number of nitriles is 1. The fraction of sp³-hybridized carbons (Fsp3) is 0.444. The fourth-order valence-electron chi connectivity index (χ4n) is 4.92. The molecule has 0 bridgehead atoms. The Morgan fingerprint density at radius 3 is 2.45 bits per heavy atom. The Morgan fingerprint density at radius 1 is 1.18 bits per heavy atom. The Morgan fingerprint density at radius 2 is 1.87 bits per heavy atom. The number of aromatic nitrogens is 2. The van der Waals surface area contributed by atoms with Gasteiger partial charge in [-0.1, -0.05) is 26.0 Å². The van der Waals surface area contributed by atoms with Crippen LogP contribution in [-0.2, 0) is 21.4 Å². The first kappa shape index (κ1) is 26.0. The molecule has 0 N–H and O–H groups in total. The number of amides is 1. The van der Waals surface area contributed by atoms with Gasteiger partial charge in [-0.05, 0) is 36.6 Å². The number of pyridine rings is 1. The molecule has 3 heterocycles. The summed E-state index contributed by atoms with van der Waals surface area (Å²) < 4.78 is 36.6. The van der Waals surface area contributed by atoms with E-state index in [1.807, 2.05) is 30.9 Å². The van der Waals surface area contributed by atoms with E-state index in [1.165, 1.54) is 4.31 Å². The number of sulfonamides is 1. The predicted octanol–water partition coefficient (Wildman–Crippen LogP) is 2.89. The Bertz CT molecular complexity index is 1480. The summed E-state index contributed by atoms with van der Waals surface area (Å²) in [7, 11) is -2.47.